The summed E-state index contributed by atoms with van der Waals surface area (Å²) in [4.78, 5) is 22.0. The Morgan fingerprint density at radius 1 is 1.17 bits per heavy atom. The fourth-order valence-corrected chi connectivity index (χ4v) is 2.20. The summed E-state index contributed by atoms with van der Waals surface area (Å²) in [5, 5.41) is 2.68. The van der Waals surface area contributed by atoms with Crippen LogP contribution in [0.2, 0.25) is 0 Å². The fraction of sp³-hybridized carbons (Fsp3) is 0.412. The zero-order valence-corrected chi connectivity index (χ0v) is 13.9. The van der Waals surface area contributed by atoms with E-state index in [9.17, 15) is 9.59 Å². The molecule has 0 saturated carbocycles. The molecule has 0 aromatic heterocycles. The zero-order chi connectivity index (χ0) is 17.5. The molecule has 3 atom stereocenters. The molecule has 1 heterocycles. The van der Waals surface area contributed by atoms with Gasteiger partial charge in [-0.15, -0.1) is 0 Å². The molecule has 0 radical (unpaired) electrons. The predicted molar refractivity (Wildman–Crippen MR) is 86.6 cm³/mol. The number of anilines is 1. The van der Waals surface area contributed by atoms with Crippen LogP contribution in [-0.4, -0.2) is 44.1 Å². The number of benzene rings is 1. The third-order valence-corrected chi connectivity index (χ3v) is 3.28. The molecule has 0 saturated heterocycles. The molecule has 24 heavy (non-hydrogen) atoms. The van der Waals surface area contributed by atoms with E-state index in [1.54, 1.807) is 37.5 Å². The highest BCUT2D eigenvalue weighted by Crippen LogP contribution is 2.22. The Morgan fingerprint density at radius 3 is 2.46 bits per heavy atom. The third-order valence-electron chi connectivity index (χ3n) is 3.28. The van der Waals surface area contributed by atoms with Crippen molar-refractivity contribution in [2.75, 3.05) is 19.0 Å². The maximum absolute atomic E-state index is 11.0. The van der Waals surface area contributed by atoms with E-state index in [1.165, 1.54) is 13.8 Å². The minimum Gasteiger partial charge on any atom is -0.463 e. The minimum absolute atomic E-state index is 0.0828. The third kappa shape index (κ3) is 5.36. The summed E-state index contributed by atoms with van der Waals surface area (Å²) in [5.41, 5.74) is 0.683. The van der Waals surface area contributed by atoms with Crippen LogP contribution in [0.5, 0.6) is 5.75 Å². The van der Waals surface area contributed by atoms with Crippen molar-refractivity contribution in [3.63, 3.8) is 0 Å². The van der Waals surface area contributed by atoms with Gasteiger partial charge in [0.25, 0.3) is 0 Å². The van der Waals surface area contributed by atoms with Gasteiger partial charge < -0.3 is 24.3 Å². The topological polar surface area (TPSA) is 83.1 Å². The monoisotopic (exact) mass is 335 g/mol. The van der Waals surface area contributed by atoms with Crippen LogP contribution in [0, 0.1) is 0 Å². The lowest BCUT2D eigenvalue weighted by atomic mass is 10.1. The van der Waals surface area contributed by atoms with E-state index >= 15 is 0 Å². The Morgan fingerprint density at radius 2 is 1.88 bits per heavy atom. The maximum atomic E-state index is 11.0. The van der Waals surface area contributed by atoms with Gasteiger partial charge in [0.1, 0.15) is 24.6 Å². The summed E-state index contributed by atoms with van der Waals surface area (Å²) in [5.74, 6) is 0.0658. The minimum atomic E-state index is -0.622. The molecule has 130 valence electrons. The number of ether oxygens (including phenoxy) is 4. The molecule has 1 aromatic rings. The lowest BCUT2D eigenvalue weighted by molar-refractivity contribution is -0.168. The van der Waals surface area contributed by atoms with Crippen LogP contribution in [0.4, 0.5) is 5.69 Å². The molecule has 7 nitrogen and oxygen atoms in total. The van der Waals surface area contributed by atoms with Gasteiger partial charge in [-0.05, 0) is 30.3 Å². The first-order valence-electron chi connectivity index (χ1n) is 7.52. The van der Waals surface area contributed by atoms with Crippen LogP contribution in [-0.2, 0) is 23.8 Å². The number of esters is 1. The second kappa shape index (κ2) is 8.47. The van der Waals surface area contributed by atoms with Crippen molar-refractivity contribution in [2.45, 2.75) is 32.3 Å². The lowest BCUT2D eigenvalue weighted by Gasteiger charge is -2.31. The average molecular weight is 335 g/mol. The Hall–Kier alpha value is -2.38. The molecule has 2 rings (SSSR count). The SMILES string of the molecule is CO[C@H]1C=C[C@@H](Oc2ccc(NC(C)=O)cc2)O[C@@H]1COC(C)=O. The van der Waals surface area contributed by atoms with Crippen molar-refractivity contribution in [2.24, 2.45) is 0 Å². The van der Waals surface area contributed by atoms with Crippen molar-refractivity contribution < 1.29 is 28.5 Å². The van der Waals surface area contributed by atoms with Crippen LogP contribution in [0.3, 0.4) is 0 Å². The molecule has 0 fully saturated rings. The lowest BCUT2D eigenvalue weighted by Crippen LogP contribution is -2.41. The van der Waals surface area contributed by atoms with Crippen molar-refractivity contribution in [3.05, 3.63) is 36.4 Å². The number of methoxy groups -OCH3 is 1. The van der Waals surface area contributed by atoms with Crippen LogP contribution >= 0.6 is 0 Å². The second-order valence-corrected chi connectivity index (χ2v) is 5.25. The summed E-state index contributed by atoms with van der Waals surface area (Å²) in [6.45, 7) is 2.87. The molecule has 0 unspecified atom stereocenters. The van der Waals surface area contributed by atoms with Gasteiger partial charge in [-0.3, -0.25) is 9.59 Å². The highest BCUT2D eigenvalue weighted by molar-refractivity contribution is 5.88. The summed E-state index contributed by atoms with van der Waals surface area (Å²) >= 11 is 0. The first-order chi connectivity index (χ1) is 11.5. The van der Waals surface area contributed by atoms with E-state index in [4.69, 9.17) is 18.9 Å². The molecule has 1 amide bonds. The molecule has 1 aliphatic rings. The van der Waals surface area contributed by atoms with Gasteiger partial charge in [-0.25, -0.2) is 0 Å². The van der Waals surface area contributed by atoms with Gasteiger partial charge in [0, 0.05) is 26.6 Å². The Balaban J connectivity index is 1.96. The molecule has 1 N–H and O–H groups in total. The predicted octanol–water partition coefficient (Wildman–Crippen LogP) is 1.88. The molecule has 0 spiro atoms. The Kier molecular flexibility index (Phi) is 6.34. The van der Waals surface area contributed by atoms with Gasteiger partial charge in [-0.1, -0.05) is 6.08 Å². The number of amides is 1. The molecule has 1 aliphatic heterocycles. The van der Waals surface area contributed by atoms with E-state index in [-0.39, 0.29) is 24.6 Å². The first-order valence-corrected chi connectivity index (χ1v) is 7.52. The highest BCUT2D eigenvalue weighted by Gasteiger charge is 2.29. The van der Waals surface area contributed by atoms with Gasteiger partial charge >= 0.3 is 5.97 Å². The number of hydrogen-bond acceptors (Lipinski definition) is 6. The summed E-state index contributed by atoms with van der Waals surface area (Å²) in [6.07, 6.45) is 2.16. The number of carbonyl (C=O) groups is 2. The quantitative estimate of drug-likeness (QED) is 0.631. The van der Waals surface area contributed by atoms with Crippen LogP contribution in [0.25, 0.3) is 0 Å². The van der Waals surface area contributed by atoms with E-state index in [0.29, 0.717) is 11.4 Å². The maximum Gasteiger partial charge on any atom is 0.302 e. The average Bonchev–Trinajstić information content (AvgIpc) is 2.54. The van der Waals surface area contributed by atoms with Crippen molar-refractivity contribution in [1.29, 1.82) is 0 Å². The largest absolute Gasteiger partial charge is 0.463 e. The first kappa shape index (κ1) is 18.0. The number of carbonyl (C=O) groups excluding carboxylic acids is 2. The van der Waals surface area contributed by atoms with E-state index in [2.05, 4.69) is 5.32 Å². The smallest absolute Gasteiger partial charge is 0.302 e. The van der Waals surface area contributed by atoms with Gasteiger partial charge in [0.2, 0.25) is 12.2 Å². The fourth-order valence-electron chi connectivity index (χ4n) is 2.20. The Labute approximate surface area is 140 Å². The summed E-state index contributed by atoms with van der Waals surface area (Å²) in [6, 6.07) is 6.92. The summed E-state index contributed by atoms with van der Waals surface area (Å²) in [7, 11) is 1.56. The Bertz CT molecular complexity index is 598. The van der Waals surface area contributed by atoms with Crippen molar-refractivity contribution in [1.82, 2.24) is 0 Å². The molecule has 1 aromatic carbocycles. The van der Waals surface area contributed by atoms with Gasteiger partial charge in [0.05, 0.1) is 0 Å². The van der Waals surface area contributed by atoms with Crippen LogP contribution < -0.4 is 10.1 Å². The molecule has 0 aliphatic carbocycles. The number of rotatable bonds is 6. The van der Waals surface area contributed by atoms with Crippen LogP contribution in [0.1, 0.15) is 13.8 Å². The standard InChI is InChI=1S/C17H21NO6/c1-11(19)18-13-4-6-14(7-5-13)23-17-9-8-15(21-3)16(24-17)10-22-12(2)20/h4-9,15-17H,10H2,1-3H3,(H,18,19)/t15-,16+,17-/m0/s1. The van der Waals surface area contributed by atoms with Gasteiger partial charge in [0.15, 0.2) is 0 Å². The normalized spacial score (nSPS) is 22.7. The molecular formula is C17H21NO6. The highest BCUT2D eigenvalue weighted by atomic mass is 16.7. The molecular weight excluding hydrogens is 314 g/mol. The van der Waals surface area contributed by atoms with Crippen molar-refractivity contribution in [3.8, 4) is 5.75 Å². The molecule has 7 heteroatoms. The summed E-state index contributed by atoms with van der Waals surface area (Å²) < 4.78 is 21.8. The number of hydrogen-bond donors (Lipinski definition) is 1. The zero-order valence-electron chi connectivity index (χ0n) is 13.9. The van der Waals surface area contributed by atoms with E-state index < -0.39 is 12.4 Å². The van der Waals surface area contributed by atoms with Gasteiger partial charge in [-0.2, -0.15) is 0 Å². The second-order valence-electron chi connectivity index (χ2n) is 5.25. The van der Waals surface area contributed by atoms with E-state index in [1.807, 2.05) is 6.08 Å². The van der Waals surface area contributed by atoms with E-state index in [0.717, 1.165) is 0 Å². The number of nitrogens with one attached hydrogen (secondary N) is 1. The van der Waals surface area contributed by atoms with Crippen LogP contribution in [0.15, 0.2) is 36.4 Å². The molecule has 0 bridgehead atoms. The van der Waals surface area contributed by atoms with Crippen molar-refractivity contribution >= 4 is 17.6 Å².